The number of ether oxygens (including phenoxy) is 1. The molecule has 0 aromatic carbocycles. The van der Waals surface area contributed by atoms with E-state index in [0.717, 1.165) is 30.2 Å². The summed E-state index contributed by atoms with van der Waals surface area (Å²) >= 11 is 0. The molecule has 0 amide bonds. The Morgan fingerprint density at radius 3 is 2.64 bits per heavy atom. The number of anilines is 1. The molecule has 7 heteroatoms. The third-order valence-corrected chi connectivity index (χ3v) is 5.85. The van der Waals surface area contributed by atoms with Gasteiger partial charge in [0.15, 0.2) is 6.35 Å². The number of rotatable bonds is 2. The standard InChI is InChI=1S/C18H22N6O/c19-17-24(11-18(25-17)10-23-7-3-14(18)4-8-23)16-9-15(21-12-22-16)13-1-5-20-6-2-13/h1-2,5-6,9,12,14,17H,3-4,7-8,10-11,19H2. The van der Waals surface area contributed by atoms with Gasteiger partial charge in [0.25, 0.3) is 0 Å². The maximum absolute atomic E-state index is 6.35. The van der Waals surface area contributed by atoms with Crippen molar-refractivity contribution in [2.24, 2.45) is 11.7 Å². The van der Waals surface area contributed by atoms with Crippen LogP contribution in [0, 0.1) is 5.92 Å². The van der Waals surface area contributed by atoms with Gasteiger partial charge >= 0.3 is 0 Å². The quantitative estimate of drug-likeness (QED) is 0.877. The van der Waals surface area contributed by atoms with Gasteiger partial charge in [-0.05, 0) is 44.0 Å². The average molecular weight is 338 g/mol. The van der Waals surface area contributed by atoms with E-state index in [1.807, 2.05) is 18.2 Å². The smallest absolute Gasteiger partial charge is 0.186 e. The van der Waals surface area contributed by atoms with Crippen molar-refractivity contribution in [3.63, 3.8) is 0 Å². The van der Waals surface area contributed by atoms with E-state index in [1.165, 1.54) is 25.9 Å². The Morgan fingerprint density at radius 1 is 1.12 bits per heavy atom. The van der Waals surface area contributed by atoms with E-state index in [1.54, 1.807) is 18.7 Å². The molecule has 2 bridgehead atoms. The van der Waals surface area contributed by atoms with Gasteiger partial charge in [-0.3, -0.25) is 10.7 Å². The van der Waals surface area contributed by atoms with Crippen LogP contribution in [0.4, 0.5) is 5.82 Å². The fourth-order valence-corrected chi connectivity index (χ4v) is 4.55. The Labute approximate surface area is 146 Å². The molecule has 130 valence electrons. The van der Waals surface area contributed by atoms with Gasteiger partial charge in [0.2, 0.25) is 0 Å². The molecule has 2 unspecified atom stereocenters. The summed E-state index contributed by atoms with van der Waals surface area (Å²) in [6.07, 6.45) is 7.08. The molecule has 4 saturated heterocycles. The maximum Gasteiger partial charge on any atom is 0.186 e. The molecule has 2 aromatic rings. The van der Waals surface area contributed by atoms with E-state index < -0.39 is 6.35 Å². The van der Waals surface area contributed by atoms with Gasteiger partial charge in [-0.15, -0.1) is 0 Å². The van der Waals surface area contributed by atoms with Gasteiger partial charge in [0.1, 0.15) is 17.7 Å². The van der Waals surface area contributed by atoms with Crippen LogP contribution in [0.2, 0.25) is 0 Å². The molecule has 2 atom stereocenters. The summed E-state index contributed by atoms with van der Waals surface area (Å²) in [6, 6.07) is 5.88. The lowest BCUT2D eigenvalue weighted by Crippen LogP contribution is -2.61. The van der Waals surface area contributed by atoms with E-state index in [4.69, 9.17) is 10.5 Å². The first-order valence-electron chi connectivity index (χ1n) is 8.88. The molecule has 25 heavy (non-hydrogen) atoms. The van der Waals surface area contributed by atoms with Crippen molar-refractivity contribution in [3.05, 3.63) is 36.9 Å². The Kier molecular flexibility index (Phi) is 3.48. The van der Waals surface area contributed by atoms with E-state index in [9.17, 15) is 0 Å². The summed E-state index contributed by atoms with van der Waals surface area (Å²) in [7, 11) is 0. The third-order valence-electron chi connectivity index (χ3n) is 5.85. The number of fused-ring (bicyclic) bond motifs is 2. The first kappa shape index (κ1) is 15.2. The number of hydrogen-bond donors (Lipinski definition) is 1. The van der Waals surface area contributed by atoms with Gasteiger partial charge in [0.05, 0.1) is 12.2 Å². The lowest BCUT2D eigenvalue weighted by molar-refractivity contribution is -0.137. The molecule has 1 spiro atoms. The van der Waals surface area contributed by atoms with Crippen molar-refractivity contribution < 1.29 is 4.74 Å². The molecule has 0 radical (unpaired) electrons. The predicted molar refractivity (Wildman–Crippen MR) is 93.6 cm³/mol. The van der Waals surface area contributed by atoms with Gasteiger partial charge in [-0.2, -0.15) is 0 Å². The van der Waals surface area contributed by atoms with Crippen molar-refractivity contribution in [1.82, 2.24) is 19.9 Å². The Balaban J connectivity index is 1.44. The zero-order valence-corrected chi connectivity index (χ0v) is 14.1. The zero-order valence-electron chi connectivity index (χ0n) is 14.1. The van der Waals surface area contributed by atoms with E-state index >= 15 is 0 Å². The van der Waals surface area contributed by atoms with Gasteiger partial charge in [0, 0.05) is 30.6 Å². The minimum atomic E-state index is -0.458. The molecule has 6 heterocycles. The highest BCUT2D eigenvalue weighted by molar-refractivity contribution is 5.62. The summed E-state index contributed by atoms with van der Waals surface area (Å²) in [5.74, 6) is 1.41. The molecular formula is C18H22N6O. The molecule has 0 saturated carbocycles. The largest absolute Gasteiger partial charge is 0.335 e. The van der Waals surface area contributed by atoms with Crippen LogP contribution < -0.4 is 10.6 Å². The first-order valence-corrected chi connectivity index (χ1v) is 8.88. The molecule has 2 N–H and O–H groups in total. The number of nitrogens with two attached hydrogens (primary N) is 1. The topological polar surface area (TPSA) is 80.4 Å². The highest BCUT2D eigenvalue weighted by Gasteiger charge is 2.54. The van der Waals surface area contributed by atoms with Crippen LogP contribution in [0.3, 0.4) is 0 Å². The molecule has 4 aliphatic rings. The fraction of sp³-hybridized carbons (Fsp3) is 0.500. The molecule has 4 fully saturated rings. The number of pyridine rings is 1. The third kappa shape index (κ3) is 2.50. The van der Waals surface area contributed by atoms with Crippen LogP contribution >= 0.6 is 0 Å². The van der Waals surface area contributed by atoms with Crippen molar-refractivity contribution in [1.29, 1.82) is 0 Å². The Hall–Kier alpha value is -2.09. The average Bonchev–Trinajstić information content (AvgIpc) is 2.99. The molecule has 7 nitrogen and oxygen atoms in total. The summed E-state index contributed by atoms with van der Waals surface area (Å²) in [6.45, 7) is 4.14. The van der Waals surface area contributed by atoms with Gasteiger partial charge in [-0.1, -0.05) is 0 Å². The fourth-order valence-electron chi connectivity index (χ4n) is 4.55. The zero-order chi connectivity index (χ0) is 16.9. The SMILES string of the molecule is NC1OC2(CN3CCC2CC3)CN1c1cc(-c2ccncc2)ncn1. The lowest BCUT2D eigenvalue weighted by atomic mass is 9.75. The monoisotopic (exact) mass is 338 g/mol. The minimum Gasteiger partial charge on any atom is -0.335 e. The summed E-state index contributed by atoms with van der Waals surface area (Å²) in [5.41, 5.74) is 8.09. The lowest BCUT2D eigenvalue weighted by Gasteiger charge is -2.50. The maximum atomic E-state index is 6.35. The van der Waals surface area contributed by atoms with Crippen LogP contribution in [0.25, 0.3) is 11.3 Å². The summed E-state index contributed by atoms with van der Waals surface area (Å²) < 4.78 is 6.33. The molecule has 0 aliphatic carbocycles. The summed E-state index contributed by atoms with van der Waals surface area (Å²) in [4.78, 5) is 17.5. The number of hydrogen-bond acceptors (Lipinski definition) is 7. The summed E-state index contributed by atoms with van der Waals surface area (Å²) in [5, 5.41) is 0. The molecule has 6 rings (SSSR count). The normalized spacial score (nSPS) is 34.0. The van der Waals surface area contributed by atoms with E-state index in [0.29, 0.717) is 5.92 Å². The Morgan fingerprint density at radius 2 is 1.92 bits per heavy atom. The first-order chi connectivity index (χ1) is 12.2. The van der Waals surface area contributed by atoms with Crippen molar-refractivity contribution >= 4 is 5.82 Å². The minimum absolute atomic E-state index is 0.155. The highest BCUT2D eigenvalue weighted by atomic mass is 16.6. The van der Waals surface area contributed by atoms with Crippen LogP contribution in [-0.4, -0.2) is 58.0 Å². The second-order valence-electron chi connectivity index (χ2n) is 7.25. The van der Waals surface area contributed by atoms with E-state index in [2.05, 4.69) is 24.8 Å². The molecule has 2 aromatic heterocycles. The van der Waals surface area contributed by atoms with Crippen LogP contribution in [0.1, 0.15) is 12.8 Å². The van der Waals surface area contributed by atoms with Gasteiger partial charge in [-0.25, -0.2) is 9.97 Å². The number of aromatic nitrogens is 3. The van der Waals surface area contributed by atoms with Crippen molar-refractivity contribution in [2.75, 3.05) is 31.1 Å². The number of piperidine rings is 3. The molecular weight excluding hydrogens is 316 g/mol. The predicted octanol–water partition coefficient (Wildman–Crippen LogP) is 1.08. The van der Waals surface area contributed by atoms with Crippen LogP contribution in [0.5, 0.6) is 0 Å². The highest BCUT2D eigenvalue weighted by Crippen LogP contribution is 2.43. The second-order valence-corrected chi connectivity index (χ2v) is 7.25. The van der Waals surface area contributed by atoms with Crippen LogP contribution in [-0.2, 0) is 4.74 Å². The van der Waals surface area contributed by atoms with Crippen LogP contribution in [0.15, 0.2) is 36.9 Å². The van der Waals surface area contributed by atoms with Crippen molar-refractivity contribution in [3.8, 4) is 11.3 Å². The Bertz CT molecular complexity index is 763. The second kappa shape index (κ2) is 5.72. The van der Waals surface area contributed by atoms with Crippen molar-refractivity contribution in [2.45, 2.75) is 24.8 Å². The van der Waals surface area contributed by atoms with E-state index in [-0.39, 0.29) is 5.60 Å². The van der Waals surface area contributed by atoms with Gasteiger partial charge < -0.3 is 14.5 Å². The number of nitrogens with zero attached hydrogens (tertiary/aromatic N) is 5. The molecule has 4 aliphatic heterocycles.